The lowest BCUT2D eigenvalue weighted by Gasteiger charge is -2.33. The standard InChI is InChI=1S/C17H22N4O3S2/c1-13-17(14(2)19(3)18-13)26(23,24)21-10-8-20(9-11-21)16(22)7-6-15-5-4-12-25-15/h4-7,12H,8-11H2,1-3H3/b7-6+. The minimum Gasteiger partial charge on any atom is -0.337 e. The van der Waals surface area contributed by atoms with E-state index in [4.69, 9.17) is 0 Å². The van der Waals surface area contributed by atoms with Crippen LogP contribution in [0.1, 0.15) is 16.3 Å². The van der Waals surface area contributed by atoms with E-state index in [1.165, 1.54) is 4.31 Å². The lowest BCUT2D eigenvalue weighted by molar-refractivity contribution is -0.127. The van der Waals surface area contributed by atoms with Crippen molar-refractivity contribution in [1.29, 1.82) is 0 Å². The van der Waals surface area contributed by atoms with Gasteiger partial charge in [0, 0.05) is 44.2 Å². The van der Waals surface area contributed by atoms with Gasteiger partial charge in [-0.05, 0) is 31.4 Å². The number of aromatic nitrogens is 2. The monoisotopic (exact) mass is 394 g/mol. The molecule has 1 fully saturated rings. The van der Waals surface area contributed by atoms with Gasteiger partial charge in [-0.15, -0.1) is 11.3 Å². The van der Waals surface area contributed by atoms with Crippen molar-refractivity contribution in [3.63, 3.8) is 0 Å². The number of rotatable bonds is 4. The first kappa shape index (κ1) is 18.8. The Morgan fingerprint density at radius 3 is 2.46 bits per heavy atom. The molecule has 9 heteroatoms. The number of hydrogen-bond donors (Lipinski definition) is 0. The normalized spacial score (nSPS) is 16.5. The number of carbonyl (C=O) groups is 1. The summed E-state index contributed by atoms with van der Waals surface area (Å²) in [5.41, 5.74) is 1.13. The van der Waals surface area contributed by atoms with Gasteiger partial charge in [-0.25, -0.2) is 8.42 Å². The van der Waals surface area contributed by atoms with E-state index in [0.717, 1.165) is 4.88 Å². The molecule has 0 saturated carbocycles. The van der Waals surface area contributed by atoms with Crippen LogP contribution in [0.15, 0.2) is 28.5 Å². The summed E-state index contributed by atoms with van der Waals surface area (Å²) in [6.07, 6.45) is 3.34. The quantitative estimate of drug-likeness (QED) is 0.739. The van der Waals surface area contributed by atoms with Gasteiger partial charge in [-0.2, -0.15) is 9.40 Å². The highest BCUT2D eigenvalue weighted by Gasteiger charge is 2.33. The molecular weight excluding hydrogens is 372 g/mol. The van der Waals surface area contributed by atoms with Crippen LogP contribution in [0.3, 0.4) is 0 Å². The molecule has 0 unspecified atom stereocenters. The zero-order valence-corrected chi connectivity index (χ0v) is 16.7. The first-order chi connectivity index (χ1) is 12.3. The van der Waals surface area contributed by atoms with Crippen LogP contribution in [0.2, 0.25) is 0 Å². The predicted molar refractivity (Wildman–Crippen MR) is 101 cm³/mol. The number of hydrogen-bond acceptors (Lipinski definition) is 5. The van der Waals surface area contributed by atoms with Gasteiger partial charge >= 0.3 is 0 Å². The summed E-state index contributed by atoms with van der Waals surface area (Å²) >= 11 is 1.56. The highest BCUT2D eigenvalue weighted by atomic mass is 32.2. The molecule has 2 aromatic heterocycles. The Balaban J connectivity index is 1.67. The molecule has 0 aliphatic carbocycles. The van der Waals surface area contributed by atoms with E-state index in [2.05, 4.69) is 5.10 Å². The minimum atomic E-state index is -3.60. The van der Waals surface area contributed by atoms with Crippen LogP contribution in [0.4, 0.5) is 0 Å². The van der Waals surface area contributed by atoms with E-state index in [1.54, 1.807) is 54.0 Å². The fourth-order valence-electron chi connectivity index (χ4n) is 3.05. The fourth-order valence-corrected chi connectivity index (χ4v) is 5.49. The third kappa shape index (κ3) is 3.60. The summed E-state index contributed by atoms with van der Waals surface area (Å²) in [4.78, 5) is 15.3. The largest absolute Gasteiger partial charge is 0.337 e. The summed E-state index contributed by atoms with van der Waals surface area (Å²) in [7, 11) is -1.87. The molecule has 1 amide bonds. The maximum atomic E-state index is 13.0. The fraction of sp³-hybridized carbons (Fsp3) is 0.412. The Morgan fingerprint density at radius 2 is 1.92 bits per heavy atom. The highest BCUT2D eigenvalue weighted by Crippen LogP contribution is 2.24. The molecule has 0 spiro atoms. The Hall–Kier alpha value is -1.97. The molecule has 7 nitrogen and oxygen atoms in total. The average molecular weight is 395 g/mol. The molecule has 3 heterocycles. The van der Waals surface area contributed by atoms with Crippen LogP contribution < -0.4 is 0 Å². The Kier molecular flexibility index (Phi) is 5.31. The molecule has 0 atom stereocenters. The van der Waals surface area contributed by atoms with Gasteiger partial charge in [0.15, 0.2) is 0 Å². The van der Waals surface area contributed by atoms with Crippen LogP contribution in [-0.4, -0.2) is 59.5 Å². The van der Waals surface area contributed by atoms with Crippen molar-refractivity contribution >= 4 is 33.3 Å². The molecule has 0 N–H and O–H groups in total. The number of carbonyl (C=O) groups excluding carboxylic acids is 1. The molecule has 140 valence electrons. The first-order valence-corrected chi connectivity index (χ1v) is 10.6. The van der Waals surface area contributed by atoms with Gasteiger partial charge in [-0.1, -0.05) is 6.07 Å². The van der Waals surface area contributed by atoms with Crippen LogP contribution in [0.5, 0.6) is 0 Å². The van der Waals surface area contributed by atoms with Crippen molar-refractivity contribution < 1.29 is 13.2 Å². The van der Waals surface area contributed by atoms with Crippen molar-refractivity contribution in [2.45, 2.75) is 18.7 Å². The van der Waals surface area contributed by atoms with Crippen LogP contribution in [-0.2, 0) is 21.9 Å². The number of piperazine rings is 1. The summed E-state index contributed by atoms with van der Waals surface area (Å²) < 4.78 is 28.9. The van der Waals surface area contributed by atoms with Crippen molar-refractivity contribution in [1.82, 2.24) is 19.0 Å². The van der Waals surface area contributed by atoms with Gasteiger partial charge in [0.2, 0.25) is 15.9 Å². The summed E-state index contributed by atoms with van der Waals surface area (Å²) in [5.74, 6) is -0.0933. The van der Waals surface area contributed by atoms with Gasteiger partial charge < -0.3 is 4.90 Å². The van der Waals surface area contributed by atoms with Crippen LogP contribution in [0, 0.1) is 13.8 Å². The lowest BCUT2D eigenvalue weighted by atomic mass is 10.3. The second-order valence-electron chi connectivity index (χ2n) is 6.20. The second kappa shape index (κ2) is 7.34. The molecular formula is C17H22N4O3S2. The highest BCUT2D eigenvalue weighted by molar-refractivity contribution is 7.89. The molecule has 1 aliphatic heterocycles. The lowest BCUT2D eigenvalue weighted by Crippen LogP contribution is -2.50. The molecule has 0 bridgehead atoms. The number of sulfonamides is 1. The Labute approximate surface area is 157 Å². The van der Waals surface area contributed by atoms with Crippen molar-refractivity contribution in [2.24, 2.45) is 7.05 Å². The molecule has 0 radical (unpaired) electrons. The van der Waals surface area contributed by atoms with Crippen LogP contribution in [0.25, 0.3) is 6.08 Å². The van der Waals surface area contributed by atoms with Gasteiger partial charge in [0.1, 0.15) is 4.90 Å². The summed E-state index contributed by atoms with van der Waals surface area (Å²) in [6, 6.07) is 3.87. The average Bonchev–Trinajstić information content (AvgIpc) is 3.21. The maximum absolute atomic E-state index is 13.0. The summed E-state index contributed by atoms with van der Waals surface area (Å²) in [6.45, 7) is 4.79. The SMILES string of the molecule is Cc1nn(C)c(C)c1S(=O)(=O)N1CCN(C(=O)/C=C/c2cccs2)CC1. The van der Waals surface area contributed by atoms with E-state index >= 15 is 0 Å². The molecule has 0 aromatic carbocycles. The third-order valence-corrected chi connectivity index (χ3v) is 7.51. The smallest absolute Gasteiger partial charge is 0.246 e. The van der Waals surface area contributed by atoms with Crippen molar-refractivity contribution in [2.75, 3.05) is 26.2 Å². The van der Waals surface area contributed by atoms with E-state index in [1.807, 2.05) is 17.5 Å². The van der Waals surface area contributed by atoms with Crippen LogP contribution >= 0.6 is 11.3 Å². The van der Waals surface area contributed by atoms with Gasteiger partial charge in [0.05, 0.1) is 11.4 Å². The topological polar surface area (TPSA) is 75.5 Å². The number of amides is 1. The Morgan fingerprint density at radius 1 is 1.23 bits per heavy atom. The van der Waals surface area contributed by atoms with E-state index in [-0.39, 0.29) is 23.9 Å². The van der Waals surface area contributed by atoms with E-state index in [9.17, 15) is 13.2 Å². The number of aryl methyl sites for hydroxylation is 2. The predicted octanol–water partition coefficient (Wildman–Crippen LogP) is 1.64. The molecule has 3 rings (SSSR count). The summed E-state index contributed by atoms with van der Waals surface area (Å²) in [5, 5.41) is 6.16. The van der Waals surface area contributed by atoms with Gasteiger partial charge in [0.25, 0.3) is 0 Å². The minimum absolute atomic E-state index is 0.0933. The van der Waals surface area contributed by atoms with E-state index in [0.29, 0.717) is 24.5 Å². The van der Waals surface area contributed by atoms with Gasteiger partial charge in [-0.3, -0.25) is 9.48 Å². The zero-order valence-electron chi connectivity index (χ0n) is 15.0. The molecule has 1 saturated heterocycles. The zero-order chi connectivity index (χ0) is 18.9. The second-order valence-corrected chi connectivity index (χ2v) is 9.06. The van der Waals surface area contributed by atoms with E-state index < -0.39 is 10.0 Å². The molecule has 26 heavy (non-hydrogen) atoms. The number of nitrogens with zero attached hydrogens (tertiary/aromatic N) is 4. The Bertz CT molecular complexity index is 922. The van der Waals surface area contributed by atoms with Crippen molar-refractivity contribution in [3.8, 4) is 0 Å². The number of thiophene rings is 1. The first-order valence-electron chi connectivity index (χ1n) is 8.31. The molecule has 1 aliphatic rings. The maximum Gasteiger partial charge on any atom is 0.246 e. The van der Waals surface area contributed by atoms with Crippen molar-refractivity contribution in [3.05, 3.63) is 39.9 Å². The third-order valence-electron chi connectivity index (χ3n) is 4.52. The molecule has 2 aromatic rings.